The van der Waals surface area contributed by atoms with Gasteiger partial charge in [0.2, 0.25) is 0 Å². The van der Waals surface area contributed by atoms with Crippen LogP contribution in [0.1, 0.15) is 11.1 Å². The minimum absolute atomic E-state index is 0.0855. The summed E-state index contributed by atoms with van der Waals surface area (Å²) in [4.78, 5) is 11.6. The lowest BCUT2D eigenvalue weighted by molar-refractivity contribution is 0.255. The summed E-state index contributed by atoms with van der Waals surface area (Å²) in [7, 11) is 0. The quantitative estimate of drug-likeness (QED) is 0.878. The molecule has 3 nitrogen and oxygen atoms in total. The summed E-state index contributed by atoms with van der Waals surface area (Å²) in [5.41, 5.74) is 1.98. The molecule has 0 radical (unpaired) electrons. The highest BCUT2D eigenvalue weighted by molar-refractivity contribution is 5.90. The molecule has 0 heterocycles. The second kappa shape index (κ2) is 6.65. The van der Waals surface area contributed by atoms with Crippen LogP contribution >= 0.6 is 0 Å². The number of halogens is 2. The van der Waals surface area contributed by atoms with Gasteiger partial charge in [-0.2, -0.15) is 0 Å². The Kier molecular flexibility index (Phi) is 4.66. The Morgan fingerprint density at radius 3 is 2.48 bits per heavy atom. The fourth-order valence-corrected chi connectivity index (χ4v) is 1.64. The van der Waals surface area contributed by atoms with Gasteiger partial charge in [0.05, 0.1) is 5.69 Å². The number of hydrogen-bond acceptors (Lipinski definition) is 1. The fraction of sp³-hybridized carbons (Fsp3) is 0.0625. The van der Waals surface area contributed by atoms with Crippen LogP contribution in [0.3, 0.4) is 0 Å². The zero-order chi connectivity index (χ0) is 15.2. The van der Waals surface area contributed by atoms with E-state index in [1.54, 1.807) is 6.08 Å². The molecule has 0 spiro atoms. The van der Waals surface area contributed by atoms with Crippen molar-refractivity contribution in [2.45, 2.75) is 6.92 Å². The van der Waals surface area contributed by atoms with Crippen LogP contribution in [0.25, 0.3) is 6.08 Å². The van der Waals surface area contributed by atoms with Gasteiger partial charge in [-0.05, 0) is 30.7 Å². The number of urea groups is 1. The molecular weight excluding hydrogens is 274 g/mol. The van der Waals surface area contributed by atoms with Crippen LogP contribution in [0.2, 0.25) is 0 Å². The zero-order valence-electron chi connectivity index (χ0n) is 11.4. The van der Waals surface area contributed by atoms with Gasteiger partial charge in [-0.1, -0.05) is 29.8 Å². The van der Waals surface area contributed by atoms with Crippen molar-refractivity contribution < 1.29 is 13.6 Å². The molecule has 0 aromatic heterocycles. The normalized spacial score (nSPS) is 10.6. The summed E-state index contributed by atoms with van der Waals surface area (Å²) >= 11 is 0. The second-order valence-corrected chi connectivity index (χ2v) is 4.47. The van der Waals surface area contributed by atoms with Gasteiger partial charge in [0.1, 0.15) is 11.6 Å². The van der Waals surface area contributed by atoms with Crippen LogP contribution in [0.5, 0.6) is 0 Å². The van der Waals surface area contributed by atoms with Crippen molar-refractivity contribution >= 4 is 17.8 Å². The molecule has 0 atom stereocenters. The van der Waals surface area contributed by atoms with Crippen LogP contribution < -0.4 is 10.6 Å². The maximum atomic E-state index is 13.3. The molecule has 0 bridgehead atoms. The highest BCUT2D eigenvalue weighted by Crippen LogP contribution is 2.14. The maximum absolute atomic E-state index is 13.3. The minimum Gasteiger partial charge on any atom is -0.314 e. The number of rotatable bonds is 3. The Hall–Kier alpha value is -2.69. The van der Waals surface area contributed by atoms with Gasteiger partial charge in [0.25, 0.3) is 0 Å². The van der Waals surface area contributed by atoms with Gasteiger partial charge in [-0.3, -0.25) is 0 Å². The largest absolute Gasteiger partial charge is 0.323 e. The molecule has 2 rings (SSSR count). The molecular formula is C16H14F2N2O. The average molecular weight is 288 g/mol. The highest BCUT2D eigenvalue weighted by atomic mass is 19.1. The van der Waals surface area contributed by atoms with Crippen molar-refractivity contribution in [1.29, 1.82) is 0 Å². The number of benzene rings is 2. The van der Waals surface area contributed by atoms with Gasteiger partial charge < -0.3 is 10.6 Å². The van der Waals surface area contributed by atoms with E-state index in [0.717, 1.165) is 23.3 Å². The maximum Gasteiger partial charge on any atom is 0.323 e. The zero-order valence-corrected chi connectivity index (χ0v) is 11.4. The average Bonchev–Trinajstić information content (AvgIpc) is 2.44. The van der Waals surface area contributed by atoms with Crippen LogP contribution in [0.15, 0.2) is 48.7 Å². The van der Waals surface area contributed by atoms with E-state index in [0.29, 0.717) is 6.07 Å². The highest BCUT2D eigenvalue weighted by Gasteiger charge is 2.06. The van der Waals surface area contributed by atoms with E-state index in [1.807, 2.05) is 31.2 Å². The van der Waals surface area contributed by atoms with E-state index < -0.39 is 17.7 Å². The van der Waals surface area contributed by atoms with Crippen molar-refractivity contribution in [3.63, 3.8) is 0 Å². The first-order valence-electron chi connectivity index (χ1n) is 6.30. The van der Waals surface area contributed by atoms with Crippen molar-refractivity contribution in [1.82, 2.24) is 5.32 Å². The summed E-state index contributed by atoms with van der Waals surface area (Å²) in [5, 5.41) is 4.73. The molecule has 0 aliphatic heterocycles. The van der Waals surface area contributed by atoms with Crippen LogP contribution in [0.4, 0.5) is 19.3 Å². The molecule has 0 saturated heterocycles. The first kappa shape index (κ1) is 14.7. The molecule has 2 aromatic rings. The number of aryl methyl sites for hydroxylation is 1. The van der Waals surface area contributed by atoms with Crippen LogP contribution in [-0.4, -0.2) is 6.03 Å². The lowest BCUT2D eigenvalue weighted by atomic mass is 10.1. The third-order valence-electron chi connectivity index (χ3n) is 2.75. The Morgan fingerprint density at radius 2 is 1.81 bits per heavy atom. The van der Waals surface area contributed by atoms with Gasteiger partial charge in [-0.15, -0.1) is 0 Å². The molecule has 2 N–H and O–H groups in total. The van der Waals surface area contributed by atoms with Crippen LogP contribution in [-0.2, 0) is 0 Å². The summed E-state index contributed by atoms with van der Waals surface area (Å²) in [6.07, 6.45) is 3.15. The Morgan fingerprint density at radius 1 is 1.10 bits per heavy atom. The van der Waals surface area contributed by atoms with Crippen molar-refractivity contribution in [2.75, 3.05) is 5.32 Å². The van der Waals surface area contributed by atoms with E-state index in [-0.39, 0.29) is 5.69 Å². The van der Waals surface area contributed by atoms with E-state index in [9.17, 15) is 13.6 Å². The first-order chi connectivity index (χ1) is 10.0. The van der Waals surface area contributed by atoms with Crippen molar-refractivity contribution in [3.8, 4) is 0 Å². The van der Waals surface area contributed by atoms with Gasteiger partial charge in [0.15, 0.2) is 0 Å². The Balaban J connectivity index is 1.91. The van der Waals surface area contributed by atoms with Gasteiger partial charge in [0, 0.05) is 12.3 Å². The SMILES string of the molecule is Cc1ccc(/C=C/NC(=O)Nc2ccc(F)cc2F)cc1. The summed E-state index contributed by atoms with van der Waals surface area (Å²) in [6, 6.07) is 10.0. The van der Waals surface area contributed by atoms with Gasteiger partial charge >= 0.3 is 6.03 Å². The Labute approximate surface area is 121 Å². The molecule has 0 saturated carbocycles. The number of nitrogens with one attached hydrogen (secondary N) is 2. The van der Waals surface area contributed by atoms with E-state index in [4.69, 9.17) is 0 Å². The fourth-order valence-electron chi connectivity index (χ4n) is 1.64. The number of hydrogen-bond donors (Lipinski definition) is 2. The molecule has 2 aromatic carbocycles. The number of carbonyl (C=O) groups is 1. The number of carbonyl (C=O) groups excluding carboxylic acids is 1. The minimum atomic E-state index is -0.826. The van der Waals surface area contributed by atoms with E-state index in [2.05, 4.69) is 10.6 Å². The third-order valence-corrected chi connectivity index (χ3v) is 2.75. The van der Waals surface area contributed by atoms with Gasteiger partial charge in [-0.25, -0.2) is 13.6 Å². The van der Waals surface area contributed by atoms with Crippen molar-refractivity contribution in [2.24, 2.45) is 0 Å². The van der Waals surface area contributed by atoms with Crippen molar-refractivity contribution in [3.05, 3.63) is 71.4 Å². The number of amides is 2. The molecule has 5 heteroatoms. The topological polar surface area (TPSA) is 41.1 Å². The molecule has 0 fully saturated rings. The molecule has 0 aliphatic rings. The second-order valence-electron chi connectivity index (χ2n) is 4.47. The lowest BCUT2D eigenvalue weighted by Crippen LogP contribution is -2.24. The summed E-state index contributed by atoms with van der Waals surface area (Å²) < 4.78 is 26.1. The standard InChI is InChI=1S/C16H14F2N2O/c1-11-2-4-12(5-3-11)8-9-19-16(21)20-15-7-6-13(17)10-14(15)18/h2-10H,1H3,(H2,19,20,21)/b9-8+. The molecule has 2 amide bonds. The molecule has 108 valence electrons. The summed E-state index contributed by atoms with van der Waals surface area (Å²) in [6.45, 7) is 1.98. The van der Waals surface area contributed by atoms with E-state index >= 15 is 0 Å². The molecule has 0 aliphatic carbocycles. The summed E-state index contributed by atoms with van der Waals surface area (Å²) in [5.74, 6) is -1.52. The van der Waals surface area contributed by atoms with Crippen LogP contribution in [0, 0.1) is 18.6 Å². The monoisotopic (exact) mass is 288 g/mol. The Bertz CT molecular complexity index is 666. The van der Waals surface area contributed by atoms with E-state index in [1.165, 1.54) is 6.20 Å². The lowest BCUT2D eigenvalue weighted by Gasteiger charge is -2.05. The first-order valence-corrected chi connectivity index (χ1v) is 6.30. The molecule has 0 unspecified atom stereocenters. The smallest absolute Gasteiger partial charge is 0.314 e. The predicted octanol–water partition coefficient (Wildman–Crippen LogP) is 4.07. The predicted molar refractivity (Wildman–Crippen MR) is 78.7 cm³/mol. The number of anilines is 1. The molecule has 21 heavy (non-hydrogen) atoms. The third kappa shape index (κ3) is 4.42.